The summed E-state index contributed by atoms with van der Waals surface area (Å²) in [6.07, 6.45) is 0. The predicted octanol–water partition coefficient (Wildman–Crippen LogP) is -9.76. The molecule has 0 aromatic rings. The van der Waals surface area contributed by atoms with E-state index in [0.29, 0.717) is 44.4 Å². The minimum Gasteiger partial charge on any atom is -1.00 e. The molecular formula is C19H37BrCl2Cs3FO15. The second kappa shape index (κ2) is 75.2. The van der Waals surface area contributed by atoms with Gasteiger partial charge in [-0.05, 0) is 0 Å². The van der Waals surface area contributed by atoms with Crippen molar-refractivity contribution in [2.45, 2.75) is 0 Å². The van der Waals surface area contributed by atoms with Crippen molar-refractivity contribution in [3.63, 3.8) is 0 Å². The molecule has 0 amide bonds. The number of esters is 1. The largest absolute Gasteiger partial charge is 1.00 e. The molecule has 0 radical (unpaired) electrons. The molecule has 0 heterocycles. The van der Waals surface area contributed by atoms with Crippen LogP contribution in [-0.2, 0) is 57.2 Å². The van der Waals surface area contributed by atoms with Crippen LogP contribution in [-0.4, -0.2) is 128 Å². The Morgan fingerprint density at radius 3 is 1.46 bits per heavy atom. The summed E-state index contributed by atoms with van der Waals surface area (Å²) < 4.78 is 47.7. The third-order valence-electron chi connectivity index (χ3n) is 2.22. The van der Waals surface area contributed by atoms with Crippen LogP contribution in [0.2, 0.25) is 0 Å². The van der Waals surface area contributed by atoms with Gasteiger partial charge in [0.15, 0.2) is 6.07 Å². The Bertz CT molecular complexity index is 487. The average molecular weight is 1080 g/mol. The fraction of sp³-hybridized carbons (Fsp3) is 0.789. The van der Waals surface area contributed by atoms with Crippen LogP contribution >= 0.6 is 39.1 Å². The molecule has 0 aliphatic carbocycles. The standard InChI is InChI=1S/C6H11ClO4.2C5H10O4.CH2BrCl.CH3F.CH2O3.3Cs.H/c1-9-2-3-10-4-6(8)11-5-7;2*1-8-2-3-9-4-5(6)7;2-1-3;1-2;2-1-4-3;;;;/h2-5H2,1H3;2*2-4H2,1H3,(H,6,7);1H2;1H3;1,3H;;;;/q;;;;;;3*+1;-1/p-2/i;;;;1D;;;;;. The minimum atomic E-state index is -1.20. The number of ether oxygens (including phenoxy) is 7. The number of carboxylic acid groups (broad SMARTS) is 2. The van der Waals surface area contributed by atoms with Crippen LogP contribution < -0.4 is 217 Å². The zero-order valence-corrected chi connectivity index (χ0v) is 46.2. The quantitative estimate of drug-likeness (QED) is 0.0359. The fourth-order valence-corrected chi connectivity index (χ4v) is 1.12. The van der Waals surface area contributed by atoms with E-state index in [-0.39, 0.29) is 240 Å². The van der Waals surface area contributed by atoms with Crippen LogP contribution in [0.3, 0.4) is 0 Å². The number of hydrogen-bond donors (Lipinski definition) is 1. The average Bonchev–Trinajstić information content (AvgIpc) is 2.89. The molecule has 0 bridgehead atoms. The van der Waals surface area contributed by atoms with Gasteiger partial charge in [-0.3, -0.25) is 9.18 Å². The van der Waals surface area contributed by atoms with E-state index < -0.39 is 25.1 Å². The maximum absolute atomic E-state index is 10.5. The number of rotatable bonds is 17. The first kappa shape index (κ1) is 64.3. The van der Waals surface area contributed by atoms with E-state index in [2.05, 4.69) is 49.2 Å². The third kappa shape index (κ3) is 114. The fourth-order valence-electron chi connectivity index (χ4n) is 1.000. The molecule has 0 aromatic carbocycles. The Morgan fingerprint density at radius 1 is 0.902 bits per heavy atom. The molecule has 0 fully saturated rings. The molecular weight excluding hydrogens is 1040 g/mol. The molecule has 234 valence electrons. The summed E-state index contributed by atoms with van der Waals surface area (Å²) in [7, 11) is 3.60. The van der Waals surface area contributed by atoms with Crippen LogP contribution in [0.5, 0.6) is 0 Å². The molecule has 22 heteroatoms. The van der Waals surface area contributed by atoms with Crippen molar-refractivity contribution in [2.75, 3.05) is 98.8 Å². The molecule has 1 N–H and O–H groups in total. The Labute approximate surface area is 438 Å². The van der Waals surface area contributed by atoms with Gasteiger partial charge in [-0.25, -0.2) is 9.59 Å². The third-order valence-corrected chi connectivity index (χ3v) is 2.32. The first-order chi connectivity index (χ1) is 18.6. The molecule has 0 spiro atoms. The molecule has 0 aliphatic rings. The second-order valence-corrected chi connectivity index (χ2v) is 6.51. The summed E-state index contributed by atoms with van der Waals surface area (Å²) in [6.45, 7) is 1.47. The number of carbonyl (C=O) groups is 4. The minimum absolute atomic E-state index is 0. The Hall–Kier alpha value is 4.75. The molecule has 0 rings (SSSR count). The number of hydrogen-bond acceptors (Lipinski definition) is 14. The van der Waals surface area contributed by atoms with Crippen LogP contribution in [0.1, 0.15) is 2.80 Å². The maximum Gasteiger partial charge on any atom is 1.00 e. The molecule has 0 saturated heterocycles. The van der Waals surface area contributed by atoms with Gasteiger partial charge in [0.2, 0.25) is 0 Å². The van der Waals surface area contributed by atoms with E-state index in [0.717, 1.165) is 0 Å². The summed E-state index contributed by atoms with van der Waals surface area (Å²) in [6, 6.07) is -0.132. The van der Waals surface area contributed by atoms with Crippen LogP contribution in [0.4, 0.5) is 4.39 Å². The molecule has 0 aromatic heterocycles. The molecule has 0 atom stereocenters. The van der Waals surface area contributed by atoms with E-state index in [4.69, 9.17) is 44.5 Å². The first-order valence-electron chi connectivity index (χ1n) is 10.3. The molecule has 0 unspecified atom stereocenters. The number of carboxylic acids is 2. The molecule has 41 heavy (non-hydrogen) atoms. The van der Waals surface area contributed by atoms with Gasteiger partial charge in [-0.15, -0.1) is 11.6 Å². The number of halogens is 4. The zero-order valence-electron chi connectivity index (χ0n) is 26.2. The van der Waals surface area contributed by atoms with Crippen LogP contribution in [0, 0.1) is 0 Å². The predicted molar refractivity (Wildman–Crippen MR) is 132 cm³/mol. The van der Waals surface area contributed by atoms with Gasteiger partial charge in [0.05, 0.1) is 65.5 Å². The van der Waals surface area contributed by atoms with Crippen molar-refractivity contribution >= 4 is 63.5 Å². The van der Waals surface area contributed by atoms with Crippen molar-refractivity contribution in [3.8, 4) is 0 Å². The second-order valence-electron chi connectivity index (χ2n) is 4.82. The zero-order chi connectivity index (χ0) is 31.6. The summed E-state index contributed by atoms with van der Waals surface area (Å²) in [5.74, 6) is -2.62. The normalized spacial score (nSPS) is 8.15. The van der Waals surface area contributed by atoms with Crippen molar-refractivity contribution in [1.82, 2.24) is 0 Å². The van der Waals surface area contributed by atoms with Gasteiger partial charge in [-0.2, -0.15) is 0 Å². The topological polar surface area (TPSA) is 208 Å². The van der Waals surface area contributed by atoms with Crippen molar-refractivity contribution < 1.29 is 287 Å². The first-order valence-corrected chi connectivity index (χ1v) is 11.8. The van der Waals surface area contributed by atoms with Crippen LogP contribution in [0.25, 0.3) is 0 Å². The number of carbonyl (C=O) groups excluding carboxylic acids is 3. The van der Waals surface area contributed by atoms with E-state index >= 15 is 0 Å². The Balaban J connectivity index is -0.0000000396. The summed E-state index contributed by atoms with van der Waals surface area (Å²) in [5.41, 5.74) is 0. The van der Waals surface area contributed by atoms with E-state index in [9.17, 15) is 23.9 Å². The van der Waals surface area contributed by atoms with Gasteiger partial charge < -0.3 is 59.7 Å². The van der Waals surface area contributed by atoms with E-state index in [1.54, 1.807) is 7.11 Å². The van der Waals surface area contributed by atoms with Gasteiger partial charge in [0, 0.05) is 21.3 Å². The van der Waals surface area contributed by atoms with Crippen molar-refractivity contribution in [3.05, 3.63) is 0 Å². The summed E-state index contributed by atoms with van der Waals surface area (Å²) in [5, 5.41) is 26.2. The Morgan fingerprint density at radius 2 is 1.22 bits per heavy atom. The van der Waals surface area contributed by atoms with Crippen molar-refractivity contribution in [2.24, 2.45) is 0 Å². The summed E-state index contributed by atoms with van der Waals surface area (Å²) >= 11 is 12.9. The van der Waals surface area contributed by atoms with E-state index in [1.165, 1.54) is 14.2 Å². The number of methoxy groups -OCH3 is 3. The van der Waals surface area contributed by atoms with Crippen molar-refractivity contribution in [1.29, 1.82) is 0 Å². The molecule has 15 nitrogen and oxygen atoms in total. The van der Waals surface area contributed by atoms with Gasteiger partial charge in [-0.1, -0.05) is 27.5 Å². The van der Waals surface area contributed by atoms with Gasteiger partial charge >= 0.3 is 219 Å². The van der Waals surface area contributed by atoms with E-state index in [1.807, 2.05) is 0 Å². The van der Waals surface area contributed by atoms with Crippen LogP contribution in [0.15, 0.2) is 0 Å². The Kier molecular flexibility index (Phi) is 118. The van der Waals surface area contributed by atoms with Gasteiger partial charge in [0.25, 0.3) is 6.47 Å². The van der Waals surface area contributed by atoms with Gasteiger partial charge in [0.1, 0.15) is 13.2 Å². The smallest absolute Gasteiger partial charge is 1.00 e. The maximum atomic E-state index is 10.5. The molecule has 0 saturated carbocycles. The SMILES string of the molecule is COCCOCC(=O)O.COCCOCC(=O)OCCl.COCCOCC(=O)[O-].ClCBr.O=CO[O-].[2H]CF.[Cs+].[Cs+].[Cs+].[H-]. The monoisotopic (exact) mass is 1070 g/mol. The summed E-state index contributed by atoms with van der Waals surface area (Å²) in [4.78, 5) is 41.8. The number of aliphatic carboxylic acids is 2. The molecule has 0 aliphatic heterocycles. The number of alkyl halides is 4.